The molecule has 0 fully saturated rings. The average molecular weight is 266 g/mol. The Hall–Kier alpha value is -1.92. The molecule has 0 spiro atoms. The third kappa shape index (κ3) is 5.98. The van der Waals surface area contributed by atoms with Crippen molar-refractivity contribution in [2.24, 2.45) is 11.5 Å². The predicted molar refractivity (Wildman–Crippen MR) is 69.4 cm³/mol. The molecular weight excluding hydrogens is 248 g/mol. The summed E-state index contributed by atoms with van der Waals surface area (Å²) in [5, 5.41) is 0. The number of carbonyl (C=O) groups is 2. The minimum Gasteiger partial charge on any atom is -0.395 e. The molecule has 1 rings (SSSR count). The minimum absolute atomic E-state index is 0.303. The Morgan fingerprint density at radius 3 is 2.47 bits per heavy atom. The number of benzene rings is 1. The summed E-state index contributed by atoms with van der Waals surface area (Å²) in [7, 11) is 0. The molecule has 0 heterocycles. The molecule has 0 amide bonds. The van der Waals surface area contributed by atoms with Crippen molar-refractivity contribution in [3.63, 3.8) is 0 Å². The van der Waals surface area contributed by atoms with Gasteiger partial charge in [0.05, 0.1) is 0 Å². The van der Waals surface area contributed by atoms with Gasteiger partial charge in [0.1, 0.15) is 11.8 Å². The van der Waals surface area contributed by atoms with Crippen LogP contribution in [0.15, 0.2) is 30.3 Å². The molecule has 0 aliphatic carbocycles. The van der Waals surface area contributed by atoms with Gasteiger partial charge in [0, 0.05) is 0 Å². The quantitative estimate of drug-likeness (QED) is 0.347. The predicted octanol–water partition coefficient (Wildman–Crippen LogP) is 1.18. The third-order valence-electron chi connectivity index (χ3n) is 2.40. The Balaban J connectivity index is 2.33. The Labute approximate surface area is 111 Å². The first-order chi connectivity index (χ1) is 9.13. The molecule has 1 aromatic rings. The van der Waals surface area contributed by atoms with E-state index in [-0.39, 0.29) is 0 Å². The fourth-order valence-corrected chi connectivity index (χ4v) is 1.39. The number of carbonyl (C=O) groups excluding carboxylic acids is 2. The van der Waals surface area contributed by atoms with E-state index in [4.69, 9.17) is 16.2 Å². The number of unbranched alkanes of at least 4 members (excludes halogenated alkanes) is 1. The van der Waals surface area contributed by atoms with Crippen LogP contribution in [0, 0.1) is 0 Å². The summed E-state index contributed by atoms with van der Waals surface area (Å²) in [6, 6.07) is 7.48. The molecule has 0 aliphatic heterocycles. The highest BCUT2D eigenvalue weighted by atomic mass is 16.7. The lowest BCUT2D eigenvalue weighted by atomic mass is 10.1. The summed E-state index contributed by atoms with van der Waals surface area (Å²) in [6.45, 7) is 0.540. The molecule has 4 N–H and O–H groups in total. The van der Waals surface area contributed by atoms with Gasteiger partial charge in [-0.1, -0.05) is 24.6 Å². The Morgan fingerprint density at radius 1 is 1.16 bits per heavy atom. The highest BCUT2D eigenvalue weighted by Gasteiger charge is 2.19. The average Bonchev–Trinajstić information content (AvgIpc) is 2.39. The Bertz CT molecular complexity index is 408. The van der Waals surface area contributed by atoms with Crippen LogP contribution in [0.3, 0.4) is 0 Å². The second kappa shape index (κ2) is 8.23. The van der Waals surface area contributed by atoms with Crippen LogP contribution in [-0.4, -0.2) is 24.7 Å². The summed E-state index contributed by atoms with van der Waals surface area (Å²) in [5.41, 5.74) is 10.9. The van der Waals surface area contributed by atoms with Gasteiger partial charge in [-0.3, -0.25) is 0 Å². The molecule has 0 radical (unpaired) electrons. The van der Waals surface area contributed by atoms with Crippen molar-refractivity contribution in [1.82, 2.24) is 0 Å². The number of ether oxygens (including phenoxy) is 2. The van der Waals surface area contributed by atoms with Gasteiger partial charge in [-0.15, -0.1) is 0 Å². The van der Waals surface area contributed by atoms with Crippen LogP contribution >= 0.6 is 0 Å². The lowest BCUT2D eigenvalue weighted by molar-refractivity contribution is -0.140. The monoisotopic (exact) mass is 266 g/mol. The molecule has 6 nitrogen and oxygen atoms in total. The summed E-state index contributed by atoms with van der Waals surface area (Å²) < 4.78 is 9.29. The van der Waals surface area contributed by atoms with Gasteiger partial charge >= 0.3 is 12.1 Å². The van der Waals surface area contributed by atoms with Crippen LogP contribution < -0.4 is 16.2 Å². The van der Waals surface area contributed by atoms with Crippen molar-refractivity contribution in [2.45, 2.75) is 25.3 Å². The number of nitrogens with two attached hydrogens (primary N) is 2. The fraction of sp³-hybridized carbons (Fsp3) is 0.385. The number of hydrogen-bond acceptors (Lipinski definition) is 6. The maximum atomic E-state index is 11.5. The second-order valence-electron chi connectivity index (χ2n) is 3.98. The maximum absolute atomic E-state index is 11.5. The largest absolute Gasteiger partial charge is 0.521 e. The van der Waals surface area contributed by atoms with Crippen LogP contribution in [0.1, 0.15) is 19.3 Å². The van der Waals surface area contributed by atoms with E-state index in [0.29, 0.717) is 25.1 Å². The molecule has 0 saturated heterocycles. The number of rotatable bonds is 6. The molecule has 19 heavy (non-hydrogen) atoms. The lowest BCUT2D eigenvalue weighted by Gasteiger charge is -2.09. The minimum atomic E-state index is -1.08. The van der Waals surface area contributed by atoms with Crippen LogP contribution in [0.25, 0.3) is 0 Å². The zero-order valence-electron chi connectivity index (χ0n) is 10.6. The van der Waals surface area contributed by atoms with Crippen molar-refractivity contribution < 1.29 is 19.1 Å². The smallest absolute Gasteiger partial charge is 0.395 e. The molecular formula is C13H18N2O4. The van der Waals surface area contributed by atoms with Gasteiger partial charge in [0.2, 0.25) is 0 Å². The summed E-state index contributed by atoms with van der Waals surface area (Å²) in [4.78, 5) is 22.8. The number of esters is 1. The van der Waals surface area contributed by atoms with Crippen LogP contribution in [0.2, 0.25) is 0 Å². The van der Waals surface area contributed by atoms with Crippen molar-refractivity contribution in [2.75, 3.05) is 6.54 Å². The number of hydrogen-bond donors (Lipinski definition) is 2. The first-order valence-corrected chi connectivity index (χ1v) is 6.07. The summed E-state index contributed by atoms with van der Waals surface area (Å²) in [5.74, 6) is -0.491. The molecule has 0 aromatic heterocycles. The fourth-order valence-electron chi connectivity index (χ4n) is 1.39. The van der Waals surface area contributed by atoms with E-state index >= 15 is 0 Å². The van der Waals surface area contributed by atoms with E-state index in [2.05, 4.69) is 4.74 Å². The SMILES string of the molecule is NCCCC[C@H](N)C(=O)OC(=O)Oc1ccccc1. The first kappa shape index (κ1) is 15.1. The summed E-state index contributed by atoms with van der Waals surface area (Å²) in [6.07, 6.45) is 0.829. The van der Waals surface area contributed by atoms with E-state index in [0.717, 1.165) is 6.42 Å². The molecule has 0 bridgehead atoms. The topological polar surface area (TPSA) is 105 Å². The highest BCUT2D eigenvalue weighted by Crippen LogP contribution is 2.09. The zero-order valence-corrected chi connectivity index (χ0v) is 10.6. The first-order valence-electron chi connectivity index (χ1n) is 6.07. The van der Waals surface area contributed by atoms with E-state index in [9.17, 15) is 9.59 Å². The molecule has 1 atom stereocenters. The van der Waals surface area contributed by atoms with Gasteiger partial charge in [-0.2, -0.15) is 0 Å². The van der Waals surface area contributed by atoms with Gasteiger partial charge in [-0.05, 0) is 31.5 Å². The Kier molecular flexibility index (Phi) is 6.56. The molecule has 0 unspecified atom stereocenters. The maximum Gasteiger partial charge on any atom is 0.521 e. The molecule has 1 aromatic carbocycles. The van der Waals surface area contributed by atoms with E-state index in [1.165, 1.54) is 0 Å². The standard InChI is InChI=1S/C13H18N2O4/c14-9-5-4-8-11(15)12(16)19-13(17)18-10-6-2-1-3-7-10/h1-3,6-7,11H,4-5,8-9,14-15H2/t11-/m0/s1. The van der Waals surface area contributed by atoms with Crippen LogP contribution in [0.4, 0.5) is 4.79 Å². The lowest BCUT2D eigenvalue weighted by Crippen LogP contribution is -2.34. The van der Waals surface area contributed by atoms with Crippen LogP contribution in [0.5, 0.6) is 5.75 Å². The normalized spacial score (nSPS) is 11.7. The van der Waals surface area contributed by atoms with Crippen molar-refractivity contribution in [1.29, 1.82) is 0 Å². The molecule has 6 heteroatoms. The summed E-state index contributed by atoms with van der Waals surface area (Å²) >= 11 is 0. The third-order valence-corrected chi connectivity index (χ3v) is 2.40. The zero-order chi connectivity index (χ0) is 14.1. The van der Waals surface area contributed by atoms with E-state index in [1.54, 1.807) is 30.3 Å². The molecule has 104 valence electrons. The highest BCUT2D eigenvalue weighted by molar-refractivity contribution is 5.86. The molecule has 0 saturated carbocycles. The van der Waals surface area contributed by atoms with Crippen molar-refractivity contribution >= 4 is 12.1 Å². The Morgan fingerprint density at radius 2 is 1.84 bits per heavy atom. The van der Waals surface area contributed by atoms with E-state index in [1.807, 2.05) is 0 Å². The van der Waals surface area contributed by atoms with Crippen LogP contribution in [-0.2, 0) is 9.53 Å². The van der Waals surface area contributed by atoms with Crippen molar-refractivity contribution in [3.8, 4) is 5.75 Å². The van der Waals surface area contributed by atoms with Gasteiger partial charge in [0.15, 0.2) is 0 Å². The van der Waals surface area contributed by atoms with E-state index < -0.39 is 18.2 Å². The second-order valence-corrected chi connectivity index (χ2v) is 3.98. The van der Waals surface area contributed by atoms with Gasteiger partial charge < -0.3 is 20.9 Å². The van der Waals surface area contributed by atoms with Gasteiger partial charge in [-0.25, -0.2) is 9.59 Å². The molecule has 0 aliphatic rings. The van der Waals surface area contributed by atoms with Gasteiger partial charge in [0.25, 0.3) is 0 Å². The van der Waals surface area contributed by atoms with Crippen molar-refractivity contribution in [3.05, 3.63) is 30.3 Å². The number of para-hydroxylation sites is 1.